The minimum Gasteiger partial charge on any atom is -0.330 e. The number of fused-ring (bicyclic) bond motifs is 1. The van der Waals surface area contributed by atoms with Crippen molar-refractivity contribution in [2.24, 2.45) is 4.40 Å². The van der Waals surface area contributed by atoms with Crippen LogP contribution in [-0.2, 0) is 14.8 Å². The van der Waals surface area contributed by atoms with Crippen LogP contribution in [0.1, 0.15) is 0 Å². The third-order valence-corrected chi connectivity index (χ3v) is 6.35. The number of nitrogens with one attached hydrogen (secondary N) is 1. The first-order valence-corrected chi connectivity index (χ1v) is 11.2. The normalized spacial score (nSPS) is 17.7. The fraction of sp³-hybridized carbons (Fsp3) is 0.118. The Morgan fingerprint density at radius 2 is 2.15 bits per heavy atom. The first-order chi connectivity index (χ1) is 12.9. The highest BCUT2D eigenvalue weighted by atomic mass is 79.9. The van der Waals surface area contributed by atoms with Gasteiger partial charge in [0, 0.05) is 28.2 Å². The van der Waals surface area contributed by atoms with Crippen LogP contribution in [0.15, 0.2) is 62.4 Å². The van der Waals surface area contributed by atoms with E-state index >= 15 is 0 Å². The Bertz CT molecular complexity index is 1120. The zero-order valence-electron chi connectivity index (χ0n) is 13.8. The maximum absolute atomic E-state index is 12.5. The molecule has 0 aliphatic carbocycles. The predicted molar refractivity (Wildman–Crippen MR) is 109 cm³/mol. The number of nitrogens with zero attached hydrogens (tertiary/aromatic N) is 3. The van der Waals surface area contributed by atoms with Crippen LogP contribution in [-0.4, -0.2) is 42.3 Å². The fourth-order valence-electron chi connectivity index (χ4n) is 2.62. The molecular weight excluding hydrogens is 452 g/mol. The molecule has 0 bridgehead atoms. The molecule has 10 heteroatoms. The lowest BCUT2D eigenvalue weighted by Crippen LogP contribution is -2.37. The van der Waals surface area contributed by atoms with Gasteiger partial charge in [-0.05, 0) is 24.3 Å². The molecule has 27 heavy (non-hydrogen) atoms. The Labute approximate surface area is 168 Å². The lowest BCUT2D eigenvalue weighted by atomic mass is 10.2. The number of thiazole rings is 1. The van der Waals surface area contributed by atoms with E-state index in [0.29, 0.717) is 16.5 Å². The molecule has 0 unspecified atom stereocenters. The van der Waals surface area contributed by atoms with E-state index in [2.05, 4.69) is 30.6 Å². The summed E-state index contributed by atoms with van der Waals surface area (Å²) >= 11 is 4.77. The maximum atomic E-state index is 12.5. The van der Waals surface area contributed by atoms with Crippen LogP contribution in [0.2, 0.25) is 0 Å². The minimum absolute atomic E-state index is 0.0712. The first kappa shape index (κ1) is 18.1. The molecule has 4 rings (SSSR count). The van der Waals surface area contributed by atoms with E-state index in [1.54, 1.807) is 17.2 Å². The molecule has 0 radical (unpaired) electrons. The van der Waals surface area contributed by atoms with Gasteiger partial charge in [0.2, 0.25) is 0 Å². The number of benzene rings is 1. The quantitative estimate of drug-likeness (QED) is 0.753. The second-order valence-electron chi connectivity index (χ2n) is 5.85. The van der Waals surface area contributed by atoms with Crippen LogP contribution in [0.5, 0.6) is 0 Å². The summed E-state index contributed by atoms with van der Waals surface area (Å²) in [5.41, 5.74) is 2.14. The lowest BCUT2D eigenvalue weighted by Gasteiger charge is -2.26. The molecule has 3 heterocycles. The summed E-state index contributed by atoms with van der Waals surface area (Å²) in [6.45, 7) is 0.270. The highest BCUT2D eigenvalue weighted by Crippen LogP contribution is 2.27. The number of carbonyl (C=O) groups excluding carboxylic acids is 1. The van der Waals surface area contributed by atoms with Gasteiger partial charge in [0.25, 0.3) is 15.9 Å². The van der Waals surface area contributed by atoms with Gasteiger partial charge in [0.15, 0.2) is 5.13 Å². The first-order valence-electron chi connectivity index (χ1n) is 7.92. The van der Waals surface area contributed by atoms with E-state index in [-0.39, 0.29) is 18.2 Å². The maximum Gasteiger partial charge on any atom is 0.258 e. The van der Waals surface area contributed by atoms with E-state index in [4.69, 9.17) is 0 Å². The summed E-state index contributed by atoms with van der Waals surface area (Å²) in [4.78, 5) is 18.6. The van der Waals surface area contributed by atoms with Crippen LogP contribution in [0.4, 0.5) is 5.13 Å². The largest absolute Gasteiger partial charge is 0.330 e. The molecule has 1 N–H and O–H groups in total. The molecule has 0 spiro atoms. The van der Waals surface area contributed by atoms with E-state index in [1.165, 1.54) is 17.4 Å². The summed E-state index contributed by atoms with van der Waals surface area (Å²) < 4.78 is 27.7. The third-order valence-electron chi connectivity index (χ3n) is 3.93. The number of aromatic nitrogens is 1. The summed E-state index contributed by atoms with van der Waals surface area (Å²) in [5.74, 6) is -0.0593. The van der Waals surface area contributed by atoms with Crippen molar-refractivity contribution in [3.05, 3.63) is 58.0 Å². The van der Waals surface area contributed by atoms with Crippen molar-refractivity contribution in [2.75, 3.05) is 17.6 Å². The second-order valence-corrected chi connectivity index (χ2v) is 9.38. The molecule has 0 saturated carbocycles. The fourth-order valence-corrected chi connectivity index (χ4v) is 4.70. The molecule has 1 amide bonds. The number of halogens is 1. The number of carbonyl (C=O) groups is 1. The van der Waals surface area contributed by atoms with E-state index in [1.807, 2.05) is 29.6 Å². The molecule has 7 nitrogen and oxygen atoms in total. The highest BCUT2D eigenvalue weighted by molar-refractivity contribution is 9.10. The molecule has 138 valence electrons. The van der Waals surface area contributed by atoms with Crippen molar-refractivity contribution >= 4 is 54.2 Å². The number of anilines is 1. The number of amidine groups is 1. The van der Waals surface area contributed by atoms with Gasteiger partial charge in [0.1, 0.15) is 5.84 Å². The van der Waals surface area contributed by atoms with Crippen molar-refractivity contribution in [3.8, 4) is 11.3 Å². The number of rotatable bonds is 3. The minimum atomic E-state index is -3.41. The number of hydrogen-bond donors (Lipinski definition) is 1. The van der Waals surface area contributed by atoms with Crippen molar-refractivity contribution in [1.29, 1.82) is 0 Å². The zero-order chi connectivity index (χ0) is 19.0. The molecule has 0 saturated heterocycles. The SMILES string of the molecule is O=C(Nc1nc(-c2cccc(Br)c2)cs1)C1=CN2CCS(=O)(=O)N=C2C=C1. The second kappa shape index (κ2) is 7.02. The molecule has 0 fully saturated rings. The molecule has 1 aromatic heterocycles. The van der Waals surface area contributed by atoms with Crippen LogP contribution >= 0.6 is 27.3 Å². The zero-order valence-corrected chi connectivity index (χ0v) is 17.0. The van der Waals surface area contributed by atoms with Crippen LogP contribution in [0.25, 0.3) is 11.3 Å². The summed E-state index contributed by atoms with van der Waals surface area (Å²) in [6.07, 6.45) is 4.68. The molecule has 0 atom stereocenters. The van der Waals surface area contributed by atoms with Gasteiger partial charge < -0.3 is 4.90 Å². The molecule has 2 aliphatic rings. The monoisotopic (exact) mass is 464 g/mol. The van der Waals surface area contributed by atoms with Gasteiger partial charge in [-0.15, -0.1) is 15.7 Å². The highest BCUT2D eigenvalue weighted by Gasteiger charge is 2.25. The number of hydrogen-bond acceptors (Lipinski definition) is 6. The Hall–Kier alpha value is -2.30. The van der Waals surface area contributed by atoms with Gasteiger partial charge in [-0.1, -0.05) is 28.1 Å². The molecule has 1 aromatic carbocycles. The Kier molecular flexibility index (Phi) is 4.70. The van der Waals surface area contributed by atoms with Gasteiger partial charge in [-0.2, -0.15) is 0 Å². The summed E-state index contributed by atoms with van der Waals surface area (Å²) in [7, 11) is -3.41. The third kappa shape index (κ3) is 4.02. The topological polar surface area (TPSA) is 91.7 Å². The predicted octanol–water partition coefficient (Wildman–Crippen LogP) is 3.01. The van der Waals surface area contributed by atoms with Crippen molar-refractivity contribution in [3.63, 3.8) is 0 Å². The van der Waals surface area contributed by atoms with Crippen molar-refractivity contribution in [1.82, 2.24) is 9.88 Å². The Morgan fingerprint density at radius 3 is 2.96 bits per heavy atom. The smallest absolute Gasteiger partial charge is 0.258 e. The Balaban J connectivity index is 1.49. The number of sulfonamides is 1. The van der Waals surface area contributed by atoms with Gasteiger partial charge in [0.05, 0.1) is 17.0 Å². The van der Waals surface area contributed by atoms with E-state index in [9.17, 15) is 13.2 Å². The Morgan fingerprint density at radius 1 is 1.30 bits per heavy atom. The number of amides is 1. The molecule has 2 aromatic rings. The average Bonchev–Trinajstić information content (AvgIpc) is 3.09. The van der Waals surface area contributed by atoms with Crippen molar-refractivity contribution in [2.45, 2.75) is 0 Å². The van der Waals surface area contributed by atoms with Gasteiger partial charge in [-0.25, -0.2) is 13.4 Å². The summed E-state index contributed by atoms with van der Waals surface area (Å²) in [5, 5.41) is 5.15. The van der Waals surface area contributed by atoms with Crippen molar-refractivity contribution < 1.29 is 13.2 Å². The standard InChI is InChI=1S/C17H13BrN4O3S2/c18-13-3-1-2-11(8-13)14-10-26-17(19-14)20-16(23)12-4-5-15-21-27(24,25)7-6-22(15)9-12/h1-5,8-10H,6-7H2,(H,19,20,23). The average molecular weight is 465 g/mol. The molecule has 2 aliphatic heterocycles. The van der Waals surface area contributed by atoms with Gasteiger partial charge in [-0.3, -0.25) is 10.1 Å². The van der Waals surface area contributed by atoms with E-state index in [0.717, 1.165) is 15.7 Å². The van der Waals surface area contributed by atoms with Gasteiger partial charge >= 0.3 is 0 Å². The van der Waals surface area contributed by atoms with Crippen LogP contribution in [0, 0.1) is 0 Å². The van der Waals surface area contributed by atoms with E-state index < -0.39 is 10.0 Å². The van der Waals surface area contributed by atoms with Crippen LogP contribution < -0.4 is 5.32 Å². The molecular formula is C17H13BrN4O3S2. The van der Waals surface area contributed by atoms with Crippen LogP contribution in [0.3, 0.4) is 0 Å². The summed E-state index contributed by atoms with van der Waals surface area (Å²) in [6, 6.07) is 7.76. The lowest BCUT2D eigenvalue weighted by molar-refractivity contribution is -0.112.